The van der Waals surface area contributed by atoms with Crippen LogP contribution in [0.2, 0.25) is 20.1 Å². The Labute approximate surface area is 628 Å². The summed E-state index contributed by atoms with van der Waals surface area (Å²) in [5.41, 5.74) is 29.5. The molecule has 4 aliphatic heterocycles. The highest BCUT2D eigenvalue weighted by molar-refractivity contribution is 7.92. The van der Waals surface area contributed by atoms with Crippen molar-refractivity contribution < 1.29 is 35.8 Å². The molecule has 12 N–H and O–H groups in total. The molecule has 104 heavy (non-hydrogen) atoms. The van der Waals surface area contributed by atoms with Crippen molar-refractivity contribution in [3.8, 4) is 0 Å². The first-order chi connectivity index (χ1) is 49.0. The molecular formula is C68H88Cl4N20O8S4. The number of nitrogen functional groups attached to an aromatic ring is 4. The predicted molar refractivity (Wildman–Crippen MR) is 413 cm³/mol. The molecular weight excluding hydrogens is 1490 g/mol. The van der Waals surface area contributed by atoms with Crippen LogP contribution >= 0.6 is 46.4 Å². The fraction of sp³-hybridized carbons (Fsp3) is 0.412. The van der Waals surface area contributed by atoms with Gasteiger partial charge in [-0.15, -0.1) is 0 Å². The average Bonchev–Trinajstić information content (AvgIpc) is 1.21. The van der Waals surface area contributed by atoms with E-state index >= 15 is 0 Å². The summed E-state index contributed by atoms with van der Waals surface area (Å²) < 4.78 is 103. The molecule has 28 nitrogen and oxygen atoms in total. The van der Waals surface area contributed by atoms with E-state index in [1.807, 2.05) is 52.0 Å². The summed E-state index contributed by atoms with van der Waals surface area (Å²) >= 11 is 25.8. The summed E-state index contributed by atoms with van der Waals surface area (Å²) in [6, 6.07) is 26.8. The van der Waals surface area contributed by atoms with E-state index in [0.717, 1.165) is 70.7 Å². The molecule has 0 radical (unpaired) electrons. The first-order valence-corrected chi connectivity index (χ1v) is 42.3. The van der Waals surface area contributed by atoms with Gasteiger partial charge in [-0.25, -0.2) is 55.9 Å². The molecule has 0 unspecified atom stereocenters. The lowest BCUT2D eigenvalue weighted by Crippen LogP contribution is -2.32. The summed E-state index contributed by atoms with van der Waals surface area (Å²) in [5.74, 6) is 3.67. The number of halogens is 4. The van der Waals surface area contributed by atoms with Gasteiger partial charge < -0.3 is 61.5 Å². The van der Waals surface area contributed by atoms with Crippen LogP contribution in [0.4, 0.5) is 47.1 Å². The van der Waals surface area contributed by atoms with Crippen LogP contribution in [0.1, 0.15) is 94.9 Å². The number of ether oxygens (including phenoxy) is 4. The third-order valence-corrected chi connectivity index (χ3v) is 23.1. The van der Waals surface area contributed by atoms with Crippen LogP contribution in [0.25, 0.3) is 0 Å². The van der Waals surface area contributed by atoms with E-state index in [4.69, 9.17) is 107 Å². The Bertz CT molecular complexity index is 4200. The van der Waals surface area contributed by atoms with E-state index in [2.05, 4.69) is 59.5 Å². The smallest absolute Gasteiger partial charge is 0.222 e. The van der Waals surface area contributed by atoms with Gasteiger partial charge in [-0.3, -0.25) is 0 Å². The number of nitrogens with zero attached hydrogens (tertiary/aromatic N) is 12. The summed E-state index contributed by atoms with van der Waals surface area (Å²) in [7, 11) is -11.4. The van der Waals surface area contributed by atoms with Gasteiger partial charge in [0.05, 0.1) is 89.5 Å². The van der Waals surface area contributed by atoms with Crippen molar-refractivity contribution in [1.29, 1.82) is 19.1 Å². The van der Waals surface area contributed by atoms with E-state index in [1.54, 1.807) is 72.8 Å². The third kappa shape index (κ3) is 21.3. The normalized spacial score (nSPS) is 20.4. The van der Waals surface area contributed by atoms with Gasteiger partial charge in [0.25, 0.3) is 0 Å². The molecule has 8 aromatic rings. The van der Waals surface area contributed by atoms with Gasteiger partial charge in [-0.2, -0.15) is 19.9 Å². The number of hydrogen-bond acceptors (Lipinski definition) is 28. The molecule has 4 saturated heterocycles. The predicted octanol–water partition coefficient (Wildman–Crippen LogP) is 12.1. The second kappa shape index (κ2) is 34.8. The molecule has 0 bridgehead atoms. The number of nitrogens with two attached hydrogens (primary N) is 4. The fourth-order valence-corrected chi connectivity index (χ4v) is 15.9. The Kier molecular flexibility index (Phi) is 26.9. The van der Waals surface area contributed by atoms with Crippen LogP contribution in [0.5, 0.6) is 0 Å². The Morgan fingerprint density at radius 1 is 0.346 bits per heavy atom. The fourth-order valence-electron chi connectivity index (χ4n) is 12.2. The maximum Gasteiger partial charge on any atom is 0.222 e. The average molecular weight is 1580 g/mol. The van der Waals surface area contributed by atoms with Gasteiger partial charge >= 0.3 is 0 Å². The minimum Gasteiger partial charge on any atom is -0.379 e. The van der Waals surface area contributed by atoms with Crippen LogP contribution in [-0.2, 0) is 57.9 Å². The van der Waals surface area contributed by atoms with Crippen LogP contribution < -0.4 is 42.5 Å². The largest absolute Gasteiger partial charge is 0.379 e. The quantitative estimate of drug-likeness (QED) is 0.0563. The molecule has 4 fully saturated rings. The Morgan fingerprint density at radius 2 is 0.538 bits per heavy atom. The summed E-state index contributed by atoms with van der Waals surface area (Å²) in [6.45, 7) is 14.5. The van der Waals surface area contributed by atoms with Crippen molar-refractivity contribution in [2.45, 2.75) is 97.1 Å². The lowest BCUT2D eigenvalue weighted by molar-refractivity contribution is 0.134. The Balaban J connectivity index is 0.000000161. The maximum absolute atomic E-state index is 12.2. The molecule has 12 rings (SSSR count). The molecule has 0 saturated carbocycles. The van der Waals surface area contributed by atoms with Crippen molar-refractivity contribution in [2.24, 2.45) is 0 Å². The number of nitrogens with one attached hydrogen (secondary N) is 4. The monoisotopic (exact) mass is 1580 g/mol. The molecule has 4 aromatic heterocycles. The van der Waals surface area contributed by atoms with Gasteiger partial charge in [0, 0.05) is 164 Å². The van der Waals surface area contributed by atoms with E-state index < -0.39 is 38.9 Å². The molecule has 8 heterocycles. The van der Waals surface area contributed by atoms with Gasteiger partial charge in [0.1, 0.15) is 23.3 Å². The standard InChI is InChI=1S/4C17H22ClN5O2S/c4*1-11-8-16(22-17(19)21-11)23-6-3-7-25-10-15(23)13-9-12(26(2,20)24)4-5-14(13)18/h4*4-5,8-9,15,20H,3,6-7,10H2,1-2H3,(H2,19,21,22)/t2*15-,26+;2*15-,26-/m1010/s1. The summed E-state index contributed by atoms with van der Waals surface area (Å²) in [6.07, 6.45) is 8.93. The summed E-state index contributed by atoms with van der Waals surface area (Å²) in [5, 5.41) is 2.15. The minimum absolute atomic E-state index is 0.214. The first-order valence-electron chi connectivity index (χ1n) is 33.0. The van der Waals surface area contributed by atoms with Gasteiger partial charge in [-0.05, 0) is 148 Å². The SMILES string of the molecule is Cc1cc(N2CCCOC[C@@H]2c2cc([S@@](C)(=N)=O)ccc2Cl)nc(N)n1.Cc1cc(N2CCCOC[C@@H]2c2cc([S@](C)(=N)=O)ccc2Cl)nc(N)n1.Cc1cc(N2CCCOC[C@H]2c2cc([S@@](C)(=N)=O)ccc2Cl)nc(N)n1.Cc1cc(N2CCCOC[C@H]2c2cc([S@](C)(=N)=O)ccc2Cl)nc(N)n1. The molecule has 0 aliphatic carbocycles. The lowest BCUT2D eigenvalue weighted by atomic mass is 10.1. The topological polar surface area (TPSA) is 421 Å². The molecule has 36 heteroatoms. The number of aromatic nitrogens is 8. The van der Waals surface area contributed by atoms with Crippen molar-refractivity contribution in [3.63, 3.8) is 0 Å². The zero-order valence-corrected chi connectivity index (χ0v) is 65.2. The van der Waals surface area contributed by atoms with Gasteiger partial charge in [0.15, 0.2) is 0 Å². The van der Waals surface area contributed by atoms with Gasteiger partial charge in [0.2, 0.25) is 23.8 Å². The first kappa shape index (κ1) is 80.5. The van der Waals surface area contributed by atoms with Crippen molar-refractivity contribution in [3.05, 3.63) is 162 Å². The zero-order chi connectivity index (χ0) is 75.6. The lowest BCUT2D eigenvalue weighted by Gasteiger charge is -2.31. The van der Waals surface area contributed by atoms with Crippen molar-refractivity contribution in [2.75, 3.05) is 147 Å². The van der Waals surface area contributed by atoms with E-state index in [-0.39, 0.29) is 48.0 Å². The molecule has 0 amide bonds. The zero-order valence-electron chi connectivity index (χ0n) is 58.9. The van der Waals surface area contributed by atoms with E-state index in [0.29, 0.717) is 142 Å². The van der Waals surface area contributed by atoms with Gasteiger partial charge in [-0.1, -0.05) is 46.4 Å². The van der Waals surface area contributed by atoms with Crippen LogP contribution in [-0.4, -0.2) is 161 Å². The van der Waals surface area contributed by atoms with Crippen LogP contribution in [0.15, 0.2) is 117 Å². The number of benzene rings is 4. The van der Waals surface area contributed by atoms with Crippen molar-refractivity contribution in [1.82, 2.24) is 39.9 Å². The Morgan fingerprint density at radius 3 is 0.712 bits per heavy atom. The molecule has 4 aliphatic rings. The number of anilines is 8. The van der Waals surface area contributed by atoms with E-state index in [9.17, 15) is 16.8 Å². The summed E-state index contributed by atoms with van der Waals surface area (Å²) in [4.78, 5) is 44.2. The third-order valence-electron chi connectivity index (χ3n) is 17.1. The molecule has 560 valence electrons. The highest BCUT2D eigenvalue weighted by Gasteiger charge is 2.33. The number of rotatable bonds is 12. The van der Waals surface area contributed by atoms with Crippen LogP contribution in [0.3, 0.4) is 0 Å². The van der Waals surface area contributed by atoms with Crippen LogP contribution in [0, 0.1) is 46.8 Å². The maximum atomic E-state index is 12.2. The van der Waals surface area contributed by atoms with E-state index in [1.165, 1.54) is 25.0 Å². The highest BCUT2D eigenvalue weighted by atomic mass is 35.5. The number of hydrogen-bond donors (Lipinski definition) is 8. The highest BCUT2D eigenvalue weighted by Crippen LogP contribution is 2.40. The Hall–Kier alpha value is -7.60. The molecule has 8 atom stereocenters. The molecule has 0 spiro atoms. The minimum atomic E-state index is -2.85. The number of aryl methyl sites for hydroxylation is 4. The second-order valence-corrected chi connectivity index (χ2v) is 35.8. The second-order valence-electron chi connectivity index (χ2n) is 25.6. The van der Waals surface area contributed by atoms with Crippen molar-refractivity contribution >= 4 is 132 Å². The molecule has 4 aromatic carbocycles.